The highest BCUT2D eigenvalue weighted by atomic mass is 16.6. The Balaban J connectivity index is 1.70. The summed E-state index contributed by atoms with van der Waals surface area (Å²) in [5.74, 6) is -0.696. The topological polar surface area (TPSA) is 55.8 Å². The molecule has 32 heavy (non-hydrogen) atoms. The van der Waals surface area contributed by atoms with Crippen molar-refractivity contribution in [1.82, 2.24) is 4.90 Å². The molecule has 0 spiro atoms. The first-order chi connectivity index (χ1) is 15.3. The van der Waals surface area contributed by atoms with Crippen molar-refractivity contribution in [2.45, 2.75) is 58.3 Å². The van der Waals surface area contributed by atoms with Gasteiger partial charge >= 0.3 is 12.1 Å². The molecule has 0 aliphatic carbocycles. The average molecular weight is 436 g/mol. The second-order valence-corrected chi connectivity index (χ2v) is 9.16. The number of benzene rings is 2. The first-order valence-corrected chi connectivity index (χ1v) is 11.2. The van der Waals surface area contributed by atoms with Gasteiger partial charge in [0.2, 0.25) is 0 Å². The fourth-order valence-electron chi connectivity index (χ4n) is 3.74. The van der Waals surface area contributed by atoms with E-state index < -0.39 is 11.5 Å². The zero-order valence-electron chi connectivity index (χ0n) is 19.2. The van der Waals surface area contributed by atoms with Crippen molar-refractivity contribution in [3.63, 3.8) is 0 Å². The number of carbonyl (C=O) groups is 2. The van der Waals surface area contributed by atoms with Crippen LogP contribution in [0.25, 0.3) is 0 Å². The summed E-state index contributed by atoms with van der Waals surface area (Å²) in [6, 6.07) is 19.5. The van der Waals surface area contributed by atoms with Crippen LogP contribution in [0.15, 0.2) is 72.8 Å². The molecule has 1 saturated heterocycles. The van der Waals surface area contributed by atoms with Gasteiger partial charge in [-0.3, -0.25) is 4.79 Å². The summed E-state index contributed by atoms with van der Waals surface area (Å²) >= 11 is 0. The zero-order chi connectivity index (χ0) is 23.0. The Morgan fingerprint density at radius 2 is 1.66 bits per heavy atom. The van der Waals surface area contributed by atoms with Crippen molar-refractivity contribution in [2.75, 3.05) is 6.54 Å². The third-order valence-electron chi connectivity index (χ3n) is 5.32. The van der Waals surface area contributed by atoms with Gasteiger partial charge in [-0.25, -0.2) is 4.79 Å². The number of ether oxygens (including phenoxy) is 2. The standard InChI is InChI=1S/C27H33NO4/c1-27(2,3)32-26(30)28-18-10-15-24(28)17-16-23(19-21-11-6-4-7-12-21)25(29)31-20-22-13-8-5-9-14-22/h4-9,11-14,16-17,23-24H,10,15,18-20H2,1-3H3/b17-16-/t23-,24-/m0/s1. The van der Waals surface area contributed by atoms with Crippen molar-refractivity contribution in [1.29, 1.82) is 0 Å². The number of hydrogen-bond acceptors (Lipinski definition) is 4. The van der Waals surface area contributed by atoms with E-state index in [2.05, 4.69) is 0 Å². The molecule has 1 aliphatic heterocycles. The van der Waals surface area contributed by atoms with Crippen LogP contribution in [0.4, 0.5) is 4.79 Å². The van der Waals surface area contributed by atoms with Crippen molar-refractivity contribution in [3.05, 3.63) is 83.9 Å². The molecule has 3 rings (SSSR count). The summed E-state index contributed by atoms with van der Waals surface area (Å²) in [6.45, 7) is 6.50. The summed E-state index contributed by atoms with van der Waals surface area (Å²) in [5, 5.41) is 0. The number of nitrogens with zero attached hydrogens (tertiary/aromatic N) is 1. The number of hydrogen-bond donors (Lipinski definition) is 0. The predicted octanol–water partition coefficient (Wildman–Crippen LogP) is 5.54. The molecular formula is C27H33NO4. The van der Waals surface area contributed by atoms with E-state index in [0.717, 1.165) is 24.0 Å². The molecule has 5 heteroatoms. The average Bonchev–Trinajstić information content (AvgIpc) is 3.24. The second kappa shape index (κ2) is 11.0. The summed E-state index contributed by atoms with van der Waals surface area (Å²) in [5.41, 5.74) is 1.48. The van der Waals surface area contributed by atoms with Crippen LogP contribution >= 0.6 is 0 Å². The molecule has 2 aromatic rings. The fraction of sp³-hybridized carbons (Fsp3) is 0.407. The summed E-state index contributed by atoms with van der Waals surface area (Å²) < 4.78 is 11.2. The molecule has 0 bridgehead atoms. The summed E-state index contributed by atoms with van der Waals surface area (Å²) in [6.07, 6.45) is 5.87. The highest BCUT2D eigenvalue weighted by molar-refractivity contribution is 5.75. The predicted molar refractivity (Wildman–Crippen MR) is 125 cm³/mol. The highest BCUT2D eigenvalue weighted by Gasteiger charge is 2.31. The quantitative estimate of drug-likeness (QED) is 0.423. The Morgan fingerprint density at radius 3 is 2.28 bits per heavy atom. The summed E-state index contributed by atoms with van der Waals surface area (Å²) in [7, 11) is 0. The molecule has 1 heterocycles. The van der Waals surface area contributed by atoms with Gasteiger partial charge in [0, 0.05) is 6.54 Å². The molecule has 1 aliphatic rings. The minimum absolute atomic E-state index is 0.0787. The Bertz CT molecular complexity index is 902. The van der Waals surface area contributed by atoms with Gasteiger partial charge in [-0.15, -0.1) is 0 Å². The van der Waals surface area contributed by atoms with Crippen LogP contribution < -0.4 is 0 Å². The van der Waals surface area contributed by atoms with Gasteiger partial charge < -0.3 is 14.4 Å². The van der Waals surface area contributed by atoms with Gasteiger partial charge in [-0.2, -0.15) is 0 Å². The van der Waals surface area contributed by atoms with Crippen molar-refractivity contribution < 1.29 is 19.1 Å². The monoisotopic (exact) mass is 435 g/mol. The lowest BCUT2D eigenvalue weighted by molar-refractivity contribution is -0.148. The van der Waals surface area contributed by atoms with Gasteiger partial charge in [0.1, 0.15) is 12.2 Å². The fourth-order valence-corrected chi connectivity index (χ4v) is 3.74. The molecule has 0 radical (unpaired) electrons. The largest absolute Gasteiger partial charge is 0.460 e. The molecule has 5 nitrogen and oxygen atoms in total. The first-order valence-electron chi connectivity index (χ1n) is 11.2. The minimum Gasteiger partial charge on any atom is -0.460 e. The van der Waals surface area contributed by atoms with Gasteiger partial charge in [0.05, 0.1) is 12.0 Å². The molecule has 170 valence electrons. The molecule has 2 aromatic carbocycles. The zero-order valence-corrected chi connectivity index (χ0v) is 19.2. The number of esters is 1. The lowest BCUT2D eigenvalue weighted by Gasteiger charge is -2.27. The Hall–Kier alpha value is -3.08. The number of likely N-dealkylation sites (tertiary alicyclic amines) is 1. The smallest absolute Gasteiger partial charge is 0.410 e. The van der Waals surface area contributed by atoms with Gasteiger partial charge in [-0.1, -0.05) is 72.8 Å². The van der Waals surface area contributed by atoms with Gasteiger partial charge in [0.15, 0.2) is 0 Å². The number of amides is 1. The SMILES string of the molecule is CC(C)(C)OC(=O)N1CCC[C@H]1/C=C\[C@@H](Cc1ccccc1)C(=O)OCc1ccccc1. The van der Waals surface area contributed by atoms with E-state index in [1.807, 2.05) is 93.6 Å². The molecule has 2 atom stereocenters. The lowest BCUT2D eigenvalue weighted by Crippen LogP contribution is -2.39. The van der Waals surface area contributed by atoms with Crippen LogP contribution in [0.5, 0.6) is 0 Å². The molecular weight excluding hydrogens is 402 g/mol. The summed E-state index contributed by atoms with van der Waals surface area (Å²) in [4.78, 5) is 27.3. The van der Waals surface area contributed by atoms with Crippen LogP contribution in [0, 0.1) is 5.92 Å². The molecule has 1 fully saturated rings. The van der Waals surface area contributed by atoms with E-state index in [0.29, 0.717) is 13.0 Å². The number of carbonyl (C=O) groups excluding carboxylic acids is 2. The molecule has 0 saturated carbocycles. The highest BCUT2D eigenvalue weighted by Crippen LogP contribution is 2.23. The van der Waals surface area contributed by atoms with Crippen molar-refractivity contribution >= 4 is 12.1 Å². The number of rotatable bonds is 7. The van der Waals surface area contributed by atoms with Crippen molar-refractivity contribution in [3.8, 4) is 0 Å². The maximum atomic E-state index is 13.0. The minimum atomic E-state index is -0.537. The van der Waals surface area contributed by atoms with Crippen LogP contribution in [0.3, 0.4) is 0 Å². The first kappa shape index (κ1) is 23.6. The van der Waals surface area contributed by atoms with Crippen LogP contribution in [0.1, 0.15) is 44.7 Å². The Kier molecular flexibility index (Phi) is 8.09. The van der Waals surface area contributed by atoms with Crippen LogP contribution in [-0.2, 0) is 27.3 Å². The van der Waals surface area contributed by atoms with Crippen LogP contribution in [-0.4, -0.2) is 35.2 Å². The maximum Gasteiger partial charge on any atom is 0.410 e. The Morgan fingerprint density at radius 1 is 1.03 bits per heavy atom. The third-order valence-corrected chi connectivity index (χ3v) is 5.32. The lowest BCUT2D eigenvalue weighted by atomic mass is 9.98. The normalized spacial score (nSPS) is 17.3. The molecule has 0 N–H and O–H groups in total. The third kappa shape index (κ3) is 7.26. The van der Waals surface area contributed by atoms with Gasteiger partial charge in [-0.05, 0) is 51.2 Å². The maximum absolute atomic E-state index is 13.0. The van der Waals surface area contributed by atoms with Crippen LogP contribution in [0.2, 0.25) is 0 Å². The van der Waals surface area contributed by atoms with E-state index in [1.54, 1.807) is 4.90 Å². The van der Waals surface area contributed by atoms with Crippen molar-refractivity contribution in [2.24, 2.45) is 5.92 Å². The van der Waals surface area contributed by atoms with E-state index in [9.17, 15) is 9.59 Å². The van der Waals surface area contributed by atoms with Gasteiger partial charge in [0.25, 0.3) is 0 Å². The Labute approximate surface area is 191 Å². The van der Waals surface area contributed by atoms with E-state index in [-0.39, 0.29) is 24.7 Å². The molecule has 1 amide bonds. The molecule has 0 unspecified atom stereocenters. The van der Waals surface area contributed by atoms with E-state index in [4.69, 9.17) is 9.47 Å². The van der Waals surface area contributed by atoms with E-state index in [1.165, 1.54) is 0 Å². The second-order valence-electron chi connectivity index (χ2n) is 9.16. The molecule has 0 aromatic heterocycles. The van der Waals surface area contributed by atoms with E-state index >= 15 is 0 Å².